The van der Waals surface area contributed by atoms with Crippen LogP contribution in [0.5, 0.6) is 0 Å². The van der Waals surface area contributed by atoms with Crippen LogP contribution in [0.2, 0.25) is 0 Å². The fraction of sp³-hybridized carbons (Fsp3) is 0.200. The van der Waals surface area contributed by atoms with E-state index in [9.17, 15) is 4.79 Å². The predicted molar refractivity (Wildman–Crippen MR) is 62.8 cm³/mol. The van der Waals surface area contributed by atoms with E-state index in [1.165, 1.54) is 13.3 Å². The van der Waals surface area contributed by atoms with Crippen LogP contribution in [0.4, 0.5) is 5.82 Å². The number of hydrogen-bond acceptors (Lipinski definition) is 7. The number of nitrogens with zero attached hydrogens (tertiary/aromatic N) is 3. The molecule has 0 atom stereocenters. The van der Waals surface area contributed by atoms with Crippen molar-refractivity contribution in [2.45, 2.75) is 6.54 Å². The molecule has 0 saturated carbocycles. The first kappa shape index (κ1) is 11.5. The lowest BCUT2D eigenvalue weighted by molar-refractivity contribution is 0.0587. The monoisotopic (exact) mass is 250 g/mol. The smallest absolute Gasteiger partial charge is 0.376 e. The minimum absolute atomic E-state index is 0.0386. The molecule has 6 nitrogen and oxygen atoms in total. The van der Waals surface area contributed by atoms with Crippen molar-refractivity contribution in [1.29, 1.82) is 0 Å². The molecule has 2 heterocycles. The van der Waals surface area contributed by atoms with Gasteiger partial charge in [-0.25, -0.2) is 19.7 Å². The minimum Gasteiger partial charge on any atom is -0.463 e. The molecule has 0 bridgehead atoms. The van der Waals surface area contributed by atoms with Crippen molar-refractivity contribution in [3.05, 3.63) is 34.7 Å². The molecule has 0 spiro atoms. The molecule has 0 unspecified atom stereocenters. The second kappa shape index (κ2) is 5.35. The van der Waals surface area contributed by atoms with E-state index in [0.29, 0.717) is 12.4 Å². The van der Waals surface area contributed by atoms with Gasteiger partial charge in [0.2, 0.25) is 5.82 Å². The van der Waals surface area contributed by atoms with Crippen molar-refractivity contribution in [3.8, 4) is 0 Å². The Hall–Kier alpha value is -2.02. The maximum Gasteiger partial charge on any atom is 0.376 e. The SMILES string of the molecule is COC(=O)c1nccc(NCc2nccs2)n1. The molecule has 0 radical (unpaired) electrons. The van der Waals surface area contributed by atoms with Crippen molar-refractivity contribution in [1.82, 2.24) is 15.0 Å². The van der Waals surface area contributed by atoms with Crippen LogP contribution in [0.15, 0.2) is 23.8 Å². The highest BCUT2D eigenvalue weighted by atomic mass is 32.1. The predicted octanol–water partition coefficient (Wildman–Crippen LogP) is 1.33. The maximum absolute atomic E-state index is 11.2. The maximum atomic E-state index is 11.2. The van der Waals surface area contributed by atoms with E-state index >= 15 is 0 Å². The van der Waals surface area contributed by atoms with E-state index in [4.69, 9.17) is 0 Å². The molecular weight excluding hydrogens is 240 g/mol. The first-order chi connectivity index (χ1) is 8.29. The summed E-state index contributed by atoms with van der Waals surface area (Å²) in [7, 11) is 1.29. The molecule has 0 saturated heterocycles. The standard InChI is InChI=1S/C10H10N4O2S/c1-16-10(15)9-12-3-2-7(14-9)13-6-8-11-4-5-17-8/h2-5H,6H2,1H3,(H,12,13,14). The molecule has 2 rings (SSSR count). The van der Waals surface area contributed by atoms with Gasteiger partial charge in [-0.05, 0) is 6.07 Å². The Morgan fingerprint density at radius 2 is 2.35 bits per heavy atom. The van der Waals surface area contributed by atoms with Crippen molar-refractivity contribution in [2.24, 2.45) is 0 Å². The van der Waals surface area contributed by atoms with Crippen molar-refractivity contribution in [3.63, 3.8) is 0 Å². The number of aromatic nitrogens is 3. The first-order valence-electron chi connectivity index (χ1n) is 4.83. The third-order valence-corrected chi connectivity index (χ3v) is 2.71. The van der Waals surface area contributed by atoms with Gasteiger partial charge in [0.15, 0.2) is 0 Å². The summed E-state index contributed by atoms with van der Waals surface area (Å²) in [4.78, 5) is 23.2. The number of thiazole rings is 1. The summed E-state index contributed by atoms with van der Waals surface area (Å²) in [6.07, 6.45) is 3.24. The van der Waals surface area contributed by atoms with Gasteiger partial charge in [0.1, 0.15) is 10.8 Å². The van der Waals surface area contributed by atoms with Gasteiger partial charge in [-0.15, -0.1) is 11.3 Å². The van der Waals surface area contributed by atoms with Crippen molar-refractivity contribution >= 4 is 23.1 Å². The molecule has 0 aliphatic carbocycles. The number of hydrogen-bond donors (Lipinski definition) is 1. The number of rotatable bonds is 4. The highest BCUT2D eigenvalue weighted by molar-refractivity contribution is 7.09. The molecule has 0 aliphatic heterocycles. The average molecular weight is 250 g/mol. The number of methoxy groups -OCH3 is 1. The zero-order chi connectivity index (χ0) is 12.1. The van der Waals surface area contributed by atoms with E-state index in [1.807, 2.05) is 5.38 Å². The van der Waals surface area contributed by atoms with Crippen molar-refractivity contribution < 1.29 is 9.53 Å². The van der Waals surface area contributed by atoms with Crippen LogP contribution in [0.1, 0.15) is 15.6 Å². The van der Waals surface area contributed by atoms with E-state index < -0.39 is 5.97 Å². The van der Waals surface area contributed by atoms with Crippen LogP contribution in [0, 0.1) is 0 Å². The number of ether oxygens (including phenoxy) is 1. The quantitative estimate of drug-likeness (QED) is 0.825. The molecule has 2 aromatic heterocycles. The van der Waals surface area contributed by atoms with Gasteiger partial charge in [-0.3, -0.25) is 0 Å². The lowest BCUT2D eigenvalue weighted by Gasteiger charge is -2.04. The van der Waals surface area contributed by atoms with Gasteiger partial charge in [-0.1, -0.05) is 0 Å². The number of nitrogens with one attached hydrogen (secondary N) is 1. The largest absolute Gasteiger partial charge is 0.463 e. The highest BCUT2D eigenvalue weighted by Gasteiger charge is 2.09. The van der Waals surface area contributed by atoms with Crippen LogP contribution >= 0.6 is 11.3 Å². The first-order valence-corrected chi connectivity index (χ1v) is 5.71. The molecule has 2 aromatic rings. The van der Waals surface area contributed by atoms with Crippen molar-refractivity contribution in [2.75, 3.05) is 12.4 Å². The van der Waals surface area contributed by atoms with Gasteiger partial charge in [0, 0.05) is 17.8 Å². The molecule has 7 heteroatoms. The number of anilines is 1. The van der Waals surface area contributed by atoms with Gasteiger partial charge in [0.05, 0.1) is 13.7 Å². The Balaban J connectivity index is 2.03. The summed E-state index contributed by atoms with van der Waals surface area (Å²) >= 11 is 1.55. The summed E-state index contributed by atoms with van der Waals surface area (Å²) < 4.78 is 4.54. The van der Waals surface area contributed by atoms with Gasteiger partial charge < -0.3 is 10.1 Å². The summed E-state index contributed by atoms with van der Waals surface area (Å²) in [6, 6.07) is 1.68. The molecule has 0 aromatic carbocycles. The fourth-order valence-electron chi connectivity index (χ4n) is 1.15. The zero-order valence-electron chi connectivity index (χ0n) is 9.08. The summed E-state index contributed by atoms with van der Waals surface area (Å²) in [5, 5.41) is 5.90. The topological polar surface area (TPSA) is 77.0 Å². The van der Waals surface area contributed by atoms with Gasteiger partial charge >= 0.3 is 5.97 Å². The normalized spacial score (nSPS) is 9.94. The molecule has 88 valence electrons. The van der Waals surface area contributed by atoms with Crippen LogP contribution in [-0.4, -0.2) is 28.0 Å². The van der Waals surface area contributed by atoms with E-state index in [2.05, 4.69) is 25.0 Å². The number of carbonyl (C=O) groups is 1. The highest BCUT2D eigenvalue weighted by Crippen LogP contribution is 2.08. The Morgan fingerprint density at radius 1 is 1.47 bits per heavy atom. The average Bonchev–Trinajstić information content (AvgIpc) is 2.89. The molecular formula is C10H10N4O2S. The summed E-state index contributed by atoms with van der Waals surface area (Å²) in [5.41, 5.74) is 0. The third-order valence-electron chi connectivity index (χ3n) is 1.93. The fourth-order valence-corrected chi connectivity index (χ4v) is 1.71. The zero-order valence-corrected chi connectivity index (χ0v) is 9.90. The molecule has 17 heavy (non-hydrogen) atoms. The lowest BCUT2D eigenvalue weighted by atomic mass is 10.5. The molecule has 0 aliphatic rings. The van der Waals surface area contributed by atoms with E-state index in [0.717, 1.165) is 5.01 Å². The minimum atomic E-state index is -0.553. The number of carbonyl (C=O) groups excluding carboxylic acids is 1. The summed E-state index contributed by atoms with van der Waals surface area (Å²) in [5.74, 6) is 0.0511. The van der Waals surface area contributed by atoms with Gasteiger partial charge in [0.25, 0.3) is 0 Å². The van der Waals surface area contributed by atoms with E-state index in [-0.39, 0.29) is 5.82 Å². The van der Waals surface area contributed by atoms with Crippen LogP contribution in [0.25, 0.3) is 0 Å². The Morgan fingerprint density at radius 3 is 3.06 bits per heavy atom. The molecule has 1 N–H and O–H groups in total. The summed E-state index contributed by atoms with van der Waals surface area (Å²) in [6.45, 7) is 0.565. The molecule has 0 fully saturated rings. The Bertz CT molecular complexity index is 501. The van der Waals surface area contributed by atoms with Crippen LogP contribution in [0.3, 0.4) is 0 Å². The Labute approximate surface area is 102 Å². The Kier molecular flexibility index (Phi) is 3.61. The molecule has 0 amide bonds. The van der Waals surface area contributed by atoms with Gasteiger partial charge in [-0.2, -0.15) is 0 Å². The second-order valence-electron chi connectivity index (χ2n) is 3.04. The lowest BCUT2D eigenvalue weighted by Crippen LogP contribution is -2.09. The van der Waals surface area contributed by atoms with Crippen LogP contribution in [-0.2, 0) is 11.3 Å². The third kappa shape index (κ3) is 2.97. The van der Waals surface area contributed by atoms with E-state index in [1.54, 1.807) is 23.6 Å². The second-order valence-corrected chi connectivity index (χ2v) is 4.02. The number of esters is 1. The van der Waals surface area contributed by atoms with Crippen LogP contribution < -0.4 is 5.32 Å².